The molecule has 106 valence electrons. The van der Waals surface area contributed by atoms with Crippen molar-refractivity contribution in [2.45, 2.75) is 12.1 Å². The predicted molar refractivity (Wildman–Crippen MR) is 87.5 cm³/mol. The lowest BCUT2D eigenvalue weighted by Crippen LogP contribution is -2.45. The number of rotatable bonds is 2. The van der Waals surface area contributed by atoms with E-state index >= 15 is 0 Å². The second-order valence-electron chi connectivity index (χ2n) is 5.29. The third kappa shape index (κ3) is 2.46. The molecule has 2 atom stereocenters. The topological polar surface area (TPSA) is 37.0 Å². The quantitative estimate of drug-likeness (QED) is 0.762. The first-order valence-corrected chi connectivity index (χ1v) is 8.11. The molecular formula is C17H17N3S. The molecule has 21 heavy (non-hydrogen) atoms. The van der Waals surface area contributed by atoms with Crippen molar-refractivity contribution in [3.8, 4) is 0 Å². The highest BCUT2D eigenvalue weighted by atomic mass is 32.1. The van der Waals surface area contributed by atoms with Gasteiger partial charge in [0.2, 0.25) is 0 Å². The summed E-state index contributed by atoms with van der Waals surface area (Å²) in [4.78, 5) is 4.83. The second-order valence-corrected chi connectivity index (χ2v) is 6.36. The first kappa shape index (κ1) is 13.0. The van der Waals surface area contributed by atoms with Crippen LogP contribution in [0, 0.1) is 0 Å². The highest BCUT2D eigenvalue weighted by molar-refractivity contribution is 7.18. The zero-order chi connectivity index (χ0) is 14.1. The van der Waals surface area contributed by atoms with Crippen molar-refractivity contribution in [2.75, 3.05) is 13.1 Å². The Morgan fingerprint density at radius 1 is 0.857 bits per heavy atom. The smallest absolute Gasteiger partial charge is 0.113 e. The van der Waals surface area contributed by atoms with Gasteiger partial charge in [-0.25, -0.2) is 4.98 Å². The molecule has 0 spiro atoms. The van der Waals surface area contributed by atoms with Crippen LogP contribution in [-0.4, -0.2) is 18.1 Å². The van der Waals surface area contributed by atoms with Crippen molar-refractivity contribution in [2.24, 2.45) is 0 Å². The molecule has 2 heterocycles. The van der Waals surface area contributed by atoms with Gasteiger partial charge in [-0.05, 0) is 17.7 Å². The maximum absolute atomic E-state index is 4.83. The minimum Gasteiger partial charge on any atom is -0.307 e. The van der Waals surface area contributed by atoms with Crippen LogP contribution in [0.1, 0.15) is 22.7 Å². The average molecular weight is 295 g/mol. The van der Waals surface area contributed by atoms with Gasteiger partial charge in [0.25, 0.3) is 0 Å². The molecule has 4 rings (SSSR count). The normalized spacial score (nSPS) is 22.5. The summed E-state index contributed by atoms with van der Waals surface area (Å²) in [6.07, 6.45) is 0. The molecule has 1 fully saturated rings. The molecule has 3 nitrogen and oxygen atoms in total. The summed E-state index contributed by atoms with van der Waals surface area (Å²) in [5.74, 6) is 0. The number of benzene rings is 2. The van der Waals surface area contributed by atoms with E-state index in [9.17, 15) is 0 Å². The fraction of sp³-hybridized carbons (Fsp3) is 0.235. The molecule has 1 aliphatic heterocycles. The molecule has 2 unspecified atom stereocenters. The first-order chi connectivity index (χ1) is 10.4. The van der Waals surface area contributed by atoms with Crippen molar-refractivity contribution < 1.29 is 0 Å². The van der Waals surface area contributed by atoms with Crippen LogP contribution in [0.2, 0.25) is 0 Å². The van der Waals surface area contributed by atoms with E-state index in [4.69, 9.17) is 4.98 Å². The Labute approximate surface area is 128 Å². The van der Waals surface area contributed by atoms with E-state index in [2.05, 4.69) is 59.2 Å². The summed E-state index contributed by atoms with van der Waals surface area (Å²) in [7, 11) is 0. The zero-order valence-electron chi connectivity index (χ0n) is 11.6. The molecule has 1 aromatic heterocycles. The Bertz CT molecular complexity index is 705. The Kier molecular flexibility index (Phi) is 3.43. The van der Waals surface area contributed by atoms with Crippen LogP contribution in [0.5, 0.6) is 0 Å². The highest BCUT2D eigenvalue weighted by Gasteiger charge is 2.29. The number of aromatic nitrogens is 1. The van der Waals surface area contributed by atoms with Gasteiger partial charge in [0.1, 0.15) is 5.01 Å². The summed E-state index contributed by atoms with van der Waals surface area (Å²) in [6, 6.07) is 19.5. The summed E-state index contributed by atoms with van der Waals surface area (Å²) in [5, 5.41) is 8.43. The molecule has 3 aromatic rings. The molecular weight excluding hydrogens is 278 g/mol. The van der Waals surface area contributed by atoms with Crippen LogP contribution >= 0.6 is 11.3 Å². The van der Waals surface area contributed by atoms with E-state index in [1.165, 1.54) is 10.3 Å². The van der Waals surface area contributed by atoms with E-state index in [1.54, 1.807) is 11.3 Å². The lowest BCUT2D eigenvalue weighted by molar-refractivity contribution is 0.333. The molecule has 2 aromatic carbocycles. The van der Waals surface area contributed by atoms with E-state index in [0.29, 0.717) is 0 Å². The Morgan fingerprint density at radius 3 is 2.38 bits per heavy atom. The van der Waals surface area contributed by atoms with Gasteiger partial charge in [-0.15, -0.1) is 11.3 Å². The van der Waals surface area contributed by atoms with Gasteiger partial charge in [0.15, 0.2) is 0 Å². The molecule has 0 bridgehead atoms. The van der Waals surface area contributed by atoms with Crippen molar-refractivity contribution in [3.63, 3.8) is 0 Å². The van der Waals surface area contributed by atoms with Gasteiger partial charge < -0.3 is 10.6 Å². The predicted octanol–water partition coefficient (Wildman–Crippen LogP) is 3.27. The number of para-hydroxylation sites is 1. The second kappa shape index (κ2) is 5.56. The number of nitrogens with zero attached hydrogens (tertiary/aromatic N) is 1. The Balaban J connectivity index is 1.73. The van der Waals surface area contributed by atoms with Gasteiger partial charge >= 0.3 is 0 Å². The average Bonchev–Trinajstić information content (AvgIpc) is 2.99. The van der Waals surface area contributed by atoms with Gasteiger partial charge in [-0.3, -0.25) is 0 Å². The van der Waals surface area contributed by atoms with Crippen LogP contribution < -0.4 is 10.6 Å². The van der Waals surface area contributed by atoms with Gasteiger partial charge in [0, 0.05) is 13.1 Å². The number of piperazine rings is 1. The van der Waals surface area contributed by atoms with Crippen LogP contribution in [-0.2, 0) is 0 Å². The van der Waals surface area contributed by atoms with Crippen molar-refractivity contribution in [1.29, 1.82) is 0 Å². The maximum atomic E-state index is 4.83. The minimum atomic E-state index is 0.235. The third-order valence-corrected chi connectivity index (χ3v) is 5.04. The standard InChI is InChI=1S/C17H17N3S/c1-2-6-12(7-3-1)15-16(19-11-10-18-15)17-20-13-8-4-5-9-14(13)21-17/h1-9,15-16,18-19H,10-11H2. The molecule has 0 radical (unpaired) electrons. The maximum Gasteiger partial charge on any atom is 0.113 e. The zero-order valence-corrected chi connectivity index (χ0v) is 12.4. The Hall–Kier alpha value is -1.75. The molecule has 4 heteroatoms. The number of hydrogen-bond acceptors (Lipinski definition) is 4. The van der Waals surface area contributed by atoms with E-state index in [1.807, 2.05) is 6.07 Å². The van der Waals surface area contributed by atoms with Crippen molar-refractivity contribution >= 4 is 21.6 Å². The lowest BCUT2D eigenvalue weighted by Gasteiger charge is -2.32. The SMILES string of the molecule is c1ccc(C2NCCNC2c2nc3ccccc3s2)cc1. The summed E-state index contributed by atoms with van der Waals surface area (Å²) >= 11 is 1.79. The molecule has 1 saturated heterocycles. The lowest BCUT2D eigenvalue weighted by atomic mass is 9.98. The van der Waals surface area contributed by atoms with E-state index in [-0.39, 0.29) is 12.1 Å². The first-order valence-electron chi connectivity index (χ1n) is 7.29. The molecule has 1 aliphatic rings. The van der Waals surface area contributed by atoms with E-state index < -0.39 is 0 Å². The molecule has 0 aliphatic carbocycles. The van der Waals surface area contributed by atoms with Crippen molar-refractivity contribution in [1.82, 2.24) is 15.6 Å². The molecule has 0 saturated carbocycles. The number of fused-ring (bicyclic) bond motifs is 1. The number of hydrogen-bond donors (Lipinski definition) is 2. The minimum absolute atomic E-state index is 0.235. The molecule has 2 N–H and O–H groups in total. The number of nitrogens with one attached hydrogen (secondary N) is 2. The van der Waals surface area contributed by atoms with Crippen molar-refractivity contribution in [3.05, 3.63) is 65.2 Å². The molecule has 0 amide bonds. The summed E-state index contributed by atoms with van der Waals surface area (Å²) < 4.78 is 1.26. The fourth-order valence-corrected chi connectivity index (χ4v) is 4.00. The van der Waals surface area contributed by atoms with Crippen LogP contribution in [0.4, 0.5) is 0 Å². The third-order valence-electron chi connectivity index (χ3n) is 3.92. The monoisotopic (exact) mass is 295 g/mol. The summed E-state index contributed by atoms with van der Waals surface area (Å²) in [6.45, 7) is 1.96. The highest BCUT2D eigenvalue weighted by Crippen LogP contribution is 2.34. The fourth-order valence-electron chi connectivity index (χ4n) is 2.91. The number of thiazole rings is 1. The van der Waals surface area contributed by atoms with Gasteiger partial charge in [0.05, 0.1) is 22.3 Å². The van der Waals surface area contributed by atoms with Crippen LogP contribution in [0.15, 0.2) is 54.6 Å². The largest absolute Gasteiger partial charge is 0.307 e. The van der Waals surface area contributed by atoms with Gasteiger partial charge in [-0.2, -0.15) is 0 Å². The summed E-state index contributed by atoms with van der Waals surface area (Å²) in [5.41, 5.74) is 2.41. The van der Waals surface area contributed by atoms with E-state index in [0.717, 1.165) is 23.6 Å². The van der Waals surface area contributed by atoms with Crippen LogP contribution in [0.25, 0.3) is 10.2 Å². The Morgan fingerprint density at radius 2 is 1.57 bits per heavy atom. The van der Waals surface area contributed by atoms with Gasteiger partial charge in [-0.1, -0.05) is 42.5 Å². The van der Waals surface area contributed by atoms with Crippen LogP contribution in [0.3, 0.4) is 0 Å².